The van der Waals surface area contributed by atoms with Crippen LogP contribution in [-0.2, 0) is 10.0 Å². The smallest absolute Gasteiger partial charge is 0.261 e. The topological polar surface area (TPSA) is 105 Å². The fraction of sp³-hybridized carbons (Fsp3) is 0.156. The van der Waals surface area contributed by atoms with Crippen LogP contribution < -0.4 is 14.4 Å². The maximum atomic E-state index is 13.7. The number of benzene rings is 4. The molecule has 2 heterocycles. The van der Waals surface area contributed by atoms with Crippen molar-refractivity contribution in [1.29, 1.82) is 0 Å². The number of rotatable bonds is 8. The molecule has 1 amide bonds. The van der Waals surface area contributed by atoms with Crippen molar-refractivity contribution >= 4 is 38.1 Å². The van der Waals surface area contributed by atoms with E-state index in [9.17, 15) is 13.2 Å². The molecular weight excluding hydrogens is 583 g/mol. The molecule has 1 saturated heterocycles. The predicted molar refractivity (Wildman–Crippen MR) is 169 cm³/mol. The van der Waals surface area contributed by atoms with Gasteiger partial charge < -0.3 is 14.5 Å². The second-order valence-corrected chi connectivity index (χ2v) is 12.6. The van der Waals surface area contributed by atoms with Crippen LogP contribution in [0.3, 0.4) is 0 Å². The molecule has 218 valence electrons. The van der Waals surface area contributed by atoms with Crippen LogP contribution in [0.1, 0.15) is 10.4 Å². The Morgan fingerprint density at radius 1 is 0.791 bits per heavy atom. The van der Waals surface area contributed by atoms with E-state index in [-0.39, 0.29) is 22.1 Å². The zero-order valence-electron chi connectivity index (χ0n) is 23.4. The quantitative estimate of drug-likeness (QED) is 0.242. The number of sulfonamides is 1. The SMILES string of the molecule is COc1ccc(C(=O)N2CCN(c3nnc(-c4ccccc4)s3)CC2)c(NS(=O)(=O)c2ccc(-c3ccccc3)cc2)c1. The molecule has 1 aromatic heterocycles. The number of carbonyl (C=O) groups excluding carboxylic acids is 1. The molecule has 0 saturated carbocycles. The van der Waals surface area contributed by atoms with Gasteiger partial charge in [0.15, 0.2) is 0 Å². The van der Waals surface area contributed by atoms with Gasteiger partial charge in [-0.25, -0.2) is 8.42 Å². The number of hydrogen-bond donors (Lipinski definition) is 1. The van der Waals surface area contributed by atoms with E-state index in [0.29, 0.717) is 31.9 Å². The summed E-state index contributed by atoms with van der Waals surface area (Å²) in [6.07, 6.45) is 0. The second-order valence-electron chi connectivity index (χ2n) is 9.94. The van der Waals surface area contributed by atoms with Crippen LogP contribution in [0.15, 0.2) is 108 Å². The largest absolute Gasteiger partial charge is 0.497 e. The van der Waals surface area contributed by atoms with Crippen LogP contribution in [0.4, 0.5) is 10.8 Å². The van der Waals surface area contributed by atoms with Gasteiger partial charge in [-0.3, -0.25) is 9.52 Å². The number of piperazine rings is 1. The molecule has 43 heavy (non-hydrogen) atoms. The average Bonchev–Trinajstić information content (AvgIpc) is 3.56. The fourth-order valence-electron chi connectivity index (χ4n) is 4.89. The van der Waals surface area contributed by atoms with E-state index < -0.39 is 10.0 Å². The highest BCUT2D eigenvalue weighted by molar-refractivity contribution is 7.92. The van der Waals surface area contributed by atoms with E-state index >= 15 is 0 Å². The molecule has 6 rings (SSSR count). The summed E-state index contributed by atoms with van der Waals surface area (Å²) in [4.78, 5) is 17.6. The third-order valence-corrected chi connectivity index (χ3v) is 9.66. The van der Waals surface area contributed by atoms with Gasteiger partial charge in [0.2, 0.25) is 5.13 Å². The first-order valence-corrected chi connectivity index (χ1v) is 16.0. The standard InChI is InChI=1S/C32H29N5O4S2/c1-41-26-14-17-28(29(22-26)35-43(39,40)27-15-12-24(13-16-27)23-8-4-2-5-9-23)31(38)36-18-20-37(21-19-36)32-34-33-30(42-32)25-10-6-3-7-11-25/h2-17,22,35H,18-21H2,1H3. The highest BCUT2D eigenvalue weighted by Gasteiger charge is 2.27. The summed E-state index contributed by atoms with van der Waals surface area (Å²) in [7, 11) is -2.49. The van der Waals surface area contributed by atoms with Crippen LogP contribution in [0.2, 0.25) is 0 Å². The average molecular weight is 612 g/mol. The van der Waals surface area contributed by atoms with Gasteiger partial charge >= 0.3 is 0 Å². The van der Waals surface area contributed by atoms with E-state index in [1.54, 1.807) is 41.3 Å². The van der Waals surface area contributed by atoms with Crippen molar-refractivity contribution in [2.45, 2.75) is 4.90 Å². The second kappa shape index (κ2) is 12.2. The van der Waals surface area contributed by atoms with Crippen LogP contribution in [0.5, 0.6) is 5.75 Å². The van der Waals surface area contributed by atoms with Gasteiger partial charge in [0.05, 0.1) is 23.3 Å². The van der Waals surface area contributed by atoms with Gasteiger partial charge in [0.1, 0.15) is 10.8 Å². The summed E-state index contributed by atoms with van der Waals surface area (Å²) in [6.45, 7) is 2.08. The van der Waals surface area contributed by atoms with Crippen molar-refractivity contribution in [2.24, 2.45) is 0 Å². The Labute approximate surface area is 254 Å². The Morgan fingerprint density at radius 3 is 2.07 bits per heavy atom. The third-order valence-electron chi connectivity index (χ3n) is 7.25. The minimum atomic E-state index is -3.99. The molecule has 0 bridgehead atoms. The number of nitrogens with one attached hydrogen (secondary N) is 1. The van der Waals surface area contributed by atoms with Crippen LogP contribution in [0, 0.1) is 0 Å². The molecule has 11 heteroatoms. The Balaban J connectivity index is 1.17. The highest BCUT2D eigenvalue weighted by Crippen LogP contribution is 2.31. The number of anilines is 2. The lowest BCUT2D eigenvalue weighted by atomic mass is 10.1. The van der Waals surface area contributed by atoms with Crippen molar-refractivity contribution in [3.05, 3.63) is 109 Å². The molecule has 1 aliphatic heterocycles. The van der Waals surface area contributed by atoms with Crippen LogP contribution in [0.25, 0.3) is 21.7 Å². The van der Waals surface area contributed by atoms with Gasteiger partial charge in [-0.05, 0) is 35.4 Å². The number of ether oxygens (including phenoxy) is 1. The van der Waals surface area contributed by atoms with Gasteiger partial charge in [-0.15, -0.1) is 10.2 Å². The minimum absolute atomic E-state index is 0.0916. The zero-order chi connectivity index (χ0) is 29.8. The maximum Gasteiger partial charge on any atom is 0.261 e. The molecule has 1 fully saturated rings. The molecule has 4 aromatic carbocycles. The molecular formula is C32H29N5O4S2. The number of carbonyl (C=O) groups is 1. The monoisotopic (exact) mass is 611 g/mol. The molecule has 5 aromatic rings. The van der Waals surface area contributed by atoms with E-state index in [0.717, 1.165) is 26.8 Å². The first-order chi connectivity index (χ1) is 20.9. The number of methoxy groups -OCH3 is 1. The molecule has 1 N–H and O–H groups in total. The summed E-state index contributed by atoms with van der Waals surface area (Å²) in [6, 6.07) is 31.1. The van der Waals surface area contributed by atoms with Crippen molar-refractivity contribution in [2.75, 3.05) is 42.9 Å². The molecule has 0 unspecified atom stereocenters. The summed E-state index contributed by atoms with van der Waals surface area (Å²) in [5.74, 6) is 0.172. The number of aromatic nitrogens is 2. The van der Waals surface area contributed by atoms with Gasteiger partial charge in [0, 0.05) is 37.8 Å². The Hall–Kier alpha value is -4.74. The summed E-state index contributed by atoms with van der Waals surface area (Å²) in [5.41, 5.74) is 3.32. The summed E-state index contributed by atoms with van der Waals surface area (Å²) < 4.78 is 34.8. The molecule has 0 radical (unpaired) electrons. The van der Waals surface area contributed by atoms with Crippen molar-refractivity contribution in [1.82, 2.24) is 15.1 Å². The third kappa shape index (κ3) is 6.23. The lowest BCUT2D eigenvalue weighted by Crippen LogP contribution is -2.49. The van der Waals surface area contributed by atoms with Crippen LogP contribution in [-0.4, -0.2) is 62.7 Å². The normalized spacial score (nSPS) is 13.5. The van der Waals surface area contributed by atoms with Gasteiger partial charge in [-0.1, -0.05) is 84.1 Å². The Morgan fingerprint density at radius 2 is 1.42 bits per heavy atom. The lowest BCUT2D eigenvalue weighted by Gasteiger charge is -2.34. The minimum Gasteiger partial charge on any atom is -0.497 e. The zero-order valence-corrected chi connectivity index (χ0v) is 25.0. The number of nitrogens with zero attached hydrogens (tertiary/aromatic N) is 4. The number of hydrogen-bond acceptors (Lipinski definition) is 8. The highest BCUT2D eigenvalue weighted by atomic mass is 32.2. The van der Waals surface area contributed by atoms with Crippen molar-refractivity contribution in [3.8, 4) is 27.4 Å². The summed E-state index contributed by atoms with van der Waals surface area (Å²) in [5, 5.41) is 10.4. The van der Waals surface area contributed by atoms with E-state index in [1.807, 2.05) is 60.7 Å². The molecule has 0 spiro atoms. The van der Waals surface area contributed by atoms with E-state index in [1.165, 1.54) is 24.5 Å². The predicted octanol–water partition coefficient (Wildman–Crippen LogP) is 5.64. The van der Waals surface area contributed by atoms with Gasteiger partial charge in [0.25, 0.3) is 15.9 Å². The van der Waals surface area contributed by atoms with Crippen LogP contribution >= 0.6 is 11.3 Å². The molecule has 9 nitrogen and oxygen atoms in total. The van der Waals surface area contributed by atoms with E-state index in [2.05, 4.69) is 19.8 Å². The first kappa shape index (κ1) is 28.4. The lowest BCUT2D eigenvalue weighted by molar-refractivity contribution is 0.0748. The maximum absolute atomic E-state index is 13.7. The van der Waals surface area contributed by atoms with Crippen molar-refractivity contribution in [3.63, 3.8) is 0 Å². The number of amides is 1. The summed E-state index contributed by atoms with van der Waals surface area (Å²) >= 11 is 1.52. The molecule has 0 aliphatic carbocycles. The Bertz CT molecular complexity index is 1820. The van der Waals surface area contributed by atoms with E-state index in [4.69, 9.17) is 4.74 Å². The molecule has 1 aliphatic rings. The molecule has 0 atom stereocenters. The Kier molecular flexibility index (Phi) is 8.08. The first-order valence-electron chi connectivity index (χ1n) is 13.7. The van der Waals surface area contributed by atoms with Gasteiger partial charge in [-0.2, -0.15) is 0 Å². The van der Waals surface area contributed by atoms with Crippen molar-refractivity contribution < 1.29 is 17.9 Å². The fourth-order valence-corrected chi connectivity index (χ4v) is 6.87.